The molecule has 2 rings (SSSR count). The molecule has 1 N–H and O–H groups in total. The van der Waals surface area contributed by atoms with Gasteiger partial charge < -0.3 is 19.2 Å². The Bertz CT molecular complexity index is 758. The van der Waals surface area contributed by atoms with Crippen LogP contribution in [0.1, 0.15) is 45.2 Å². The van der Waals surface area contributed by atoms with Crippen molar-refractivity contribution in [3.05, 3.63) is 42.1 Å². The Morgan fingerprint density at radius 2 is 2.07 bits per heavy atom. The summed E-state index contributed by atoms with van der Waals surface area (Å²) in [4.78, 5) is 16.1. The Kier molecular flexibility index (Phi) is 8.61. The van der Waals surface area contributed by atoms with Crippen molar-refractivity contribution < 1.29 is 18.7 Å². The van der Waals surface area contributed by atoms with Crippen LogP contribution in [0, 0.1) is 0 Å². The zero-order valence-electron chi connectivity index (χ0n) is 16.0. The molecule has 0 unspecified atom stereocenters. The number of imidazole rings is 1. The van der Waals surface area contributed by atoms with Gasteiger partial charge in [0.25, 0.3) is 0 Å². The molecule has 0 saturated carbocycles. The standard InChI is InChI=1S/C20H28FN3O3/c1-3-5-7-17-13-24-14-18(8-9-19(24)23-17)27-15-16(11-21)12-22-20(25)26-10-6-4-2/h8-9,11,13-14H,3-7,10,12,15H2,1-2H3,(H,22,25)/b16-11+. The molecule has 2 aromatic heterocycles. The molecule has 0 aliphatic rings. The molecule has 2 aromatic rings. The van der Waals surface area contributed by atoms with Gasteiger partial charge in [-0.1, -0.05) is 26.7 Å². The van der Waals surface area contributed by atoms with Crippen LogP contribution in [-0.2, 0) is 11.2 Å². The summed E-state index contributed by atoms with van der Waals surface area (Å²) in [5.41, 5.74) is 2.21. The van der Waals surface area contributed by atoms with Gasteiger partial charge in [0, 0.05) is 18.3 Å². The number of unbranched alkanes of at least 4 members (excludes halogenated alkanes) is 2. The number of nitrogens with one attached hydrogen (secondary N) is 1. The van der Waals surface area contributed by atoms with Crippen LogP contribution in [0.25, 0.3) is 5.65 Å². The second-order valence-corrected chi connectivity index (χ2v) is 6.37. The molecule has 0 bridgehead atoms. The first-order valence-electron chi connectivity index (χ1n) is 9.45. The zero-order chi connectivity index (χ0) is 19.5. The summed E-state index contributed by atoms with van der Waals surface area (Å²) in [6.45, 7) is 4.59. The van der Waals surface area contributed by atoms with Crippen molar-refractivity contribution >= 4 is 11.7 Å². The predicted octanol–water partition coefficient (Wildman–Crippen LogP) is 4.44. The summed E-state index contributed by atoms with van der Waals surface area (Å²) in [5.74, 6) is 0.604. The molecule has 27 heavy (non-hydrogen) atoms. The van der Waals surface area contributed by atoms with Crippen molar-refractivity contribution in [3.8, 4) is 5.75 Å². The fourth-order valence-electron chi connectivity index (χ4n) is 2.43. The molecule has 2 heterocycles. The van der Waals surface area contributed by atoms with E-state index < -0.39 is 6.09 Å². The first-order chi connectivity index (χ1) is 13.2. The molecule has 0 aliphatic carbocycles. The molecule has 148 valence electrons. The van der Waals surface area contributed by atoms with Crippen LogP contribution < -0.4 is 10.1 Å². The van der Waals surface area contributed by atoms with Crippen LogP contribution in [0.2, 0.25) is 0 Å². The summed E-state index contributed by atoms with van der Waals surface area (Å²) >= 11 is 0. The molecule has 0 saturated heterocycles. The van der Waals surface area contributed by atoms with E-state index >= 15 is 0 Å². The van der Waals surface area contributed by atoms with Crippen molar-refractivity contribution in [1.82, 2.24) is 14.7 Å². The van der Waals surface area contributed by atoms with Crippen LogP contribution in [0.3, 0.4) is 0 Å². The quantitative estimate of drug-likeness (QED) is 0.588. The number of ether oxygens (including phenoxy) is 2. The third-order valence-electron chi connectivity index (χ3n) is 4.03. The number of nitrogens with zero attached hydrogens (tertiary/aromatic N) is 2. The van der Waals surface area contributed by atoms with Gasteiger partial charge in [-0.2, -0.15) is 0 Å². The second kappa shape index (κ2) is 11.2. The topological polar surface area (TPSA) is 64.9 Å². The lowest BCUT2D eigenvalue weighted by Crippen LogP contribution is -2.28. The maximum absolute atomic E-state index is 13.0. The van der Waals surface area contributed by atoms with Crippen molar-refractivity contribution in [1.29, 1.82) is 0 Å². The van der Waals surface area contributed by atoms with Gasteiger partial charge in [0.2, 0.25) is 0 Å². The van der Waals surface area contributed by atoms with Crippen molar-refractivity contribution in [2.75, 3.05) is 19.8 Å². The van der Waals surface area contributed by atoms with Gasteiger partial charge in [0.15, 0.2) is 0 Å². The molecule has 0 aliphatic heterocycles. The maximum Gasteiger partial charge on any atom is 0.407 e. The molecule has 1 amide bonds. The van der Waals surface area contributed by atoms with E-state index in [0.717, 1.165) is 43.4 Å². The second-order valence-electron chi connectivity index (χ2n) is 6.37. The Labute approximate surface area is 159 Å². The summed E-state index contributed by atoms with van der Waals surface area (Å²) in [5, 5.41) is 2.52. The van der Waals surface area contributed by atoms with E-state index in [0.29, 0.717) is 24.3 Å². The monoisotopic (exact) mass is 377 g/mol. The first kappa shape index (κ1) is 20.7. The van der Waals surface area contributed by atoms with Gasteiger partial charge in [-0.25, -0.2) is 14.2 Å². The minimum atomic E-state index is -0.553. The van der Waals surface area contributed by atoms with E-state index in [1.54, 1.807) is 6.07 Å². The normalized spacial score (nSPS) is 11.6. The fraction of sp³-hybridized carbons (Fsp3) is 0.500. The Morgan fingerprint density at radius 3 is 2.81 bits per heavy atom. The third kappa shape index (κ3) is 6.92. The van der Waals surface area contributed by atoms with Crippen LogP contribution >= 0.6 is 0 Å². The van der Waals surface area contributed by atoms with Crippen molar-refractivity contribution in [3.63, 3.8) is 0 Å². The summed E-state index contributed by atoms with van der Waals surface area (Å²) in [6.07, 6.45) is 8.62. The molecular weight excluding hydrogens is 349 g/mol. The smallest absolute Gasteiger partial charge is 0.407 e. The summed E-state index contributed by atoms with van der Waals surface area (Å²) in [6, 6.07) is 3.67. The maximum atomic E-state index is 13.0. The van der Waals surface area contributed by atoms with E-state index in [2.05, 4.69) is 17.2 Å². The largest absolute Gasteiger partial charge is 0.488 e. The molecule has 0 aromatic carbocycles. The summed E-state index contributed by atoms with van der Waals surface area (Å²) in [7, 11) is 0. The highest BCUT2D eigenvalue weighted by Gasteiger charge is 2.07. The minimum Gasteiger partial charge on any atom is -0.488 e. The molecular formula is C20H28FN3O3. The van der Waals surface area contributed by atoms with Crippen molar-refractivity contribution in [2.24, 2.45) is 0 Å². The lowest BCUT2D eigenvalue weighted by Gasteiger charge is -2.10. The lowest BCUT2D eigenvalue weighted by molar-refractivity contribution is 0.145. The van der Waals surface area contributed by atoms with E-state index in [1.165, 1.54) is 0 Å². The van der Waals surface area contributed by atoms with Crippen molar-refractivity contribution in [2.45, 2.75) is 46.0 Å². The van der Waals surface area contributed by atoms with E-state index in [1.807, 2.05) is 29.8 Å². The molecule has 0 atom stereocenters. The Morgan fingerprint density at radius 1 is 1.26 bits per heavy atom. The number of aryl methyl sites for hydroxylation is 1. The number of aromatic nitrogens is 2. The lowest BCUT2D eigenvalue weighted by atomic mass is 10.2. The van der Waals surface area contributed by atoms with E-state index in [-0.39, 0.29) is 13.2 Å². The number of fused-ring (bicyclic) bond motifs is 1. The number of rotatable bonds is 11. The van der Waals surface area contributed by atoms with Crippen LogP contribution in [-0.4, -0.2) is 35.2 Å². The molecule has 0 spiro atoms. The molecule has 7 heteroatoms. The zero-order valence-corrected chi connectivity index (χ0v) is 16.0. The summed E-state index contributed by atoms with van der Waals surface area (Å²) < 4.78 is 25.6. The van der Waals surface area contributed by atoms with E-state index in [4.69, 9.17) is 9.47 Å². The number of carbonyl (C=O) groups excluding carboxylic acids is 1. The van der Waals surface area contributed by atoms with Gasteiger partial charge in [-0.3, -0.25) is 0 Å². The Balaban J connectivity index is 1.83. The average molecular weight is 377 g/mol. The van der Waals surface area contributed by atoms with Crippen LogP contribution in [0.4, 0.5) is 9.18 Å². The highest BCUT2D eigenvalue weighted by Crippen LogP contribution is 2.15. The SMILES string of the molecule is CCCCOC(=O)NC/C(=C\F)COc1ccc2nc(CCCC)cn2c1. The third-order valence-corrected chi connectivity index (χ3v) is 4.03. The van der Waals surface area contributed by atoms with E-state index in [9.17, 15) is 9.18 Å². The van der Waals surface area contributed by atoms with Crippen LogP contribution in [0.15, 0.2) is 36.4 Å². The fourth-order valence-corrected chi connectivity index (χ4v) is 2.43. The minimum absolute atomic E-state index is 0.0363. The number of hydrogen-bond donors (Lipinski definition) is 1. The Hall–Kier alpha value is -2.57. The first-order valence-corrected chi connectivity index (χ1v) is 9.45. The predicted molar refractivity (Wildman–Crippen MR) is 103 cm³/mol. The molecule has 0 radical (unpaired) electrons. The number of carbonyl (C=O) groups is 1. The number of halogens is 1. The van der Waals surface area contributed by atoms with Gasteiger partial charge in [-0.05, 0) is 31.4 Å². The van der Waals surface area contributed by atoms with Gasteiger partial charge in [0.1, 0.15) is 18.0 Å². The van der Waals surface area contributed by atoms with Gasteiger partial charge in [-0.15, -0.1) is 0 Å². The van der Waals surface area contributed by atoms with Crippen LogP contribution in [0.5, 0.6) is 5.75 Å². The number of pyridine rings is 1. The highest BCUT2D eigenvalue weighted by molar-refractivity contribution is 5.67. The highest BCUT2D eigenvalue weighted by atomic mass is 19.1. The average Bonchev–Trinajstić information content (AvgIpc) is 3.08. The van der Waals surface area contributed by atoms with Gasteiger partial charge in [0.05, 0.1) is 24.8 Å². The molecule has 0 fully saturated rings. The molecule has 6 nitrogen and oxygen atoms in total. The van der Waals surface area contributed by atoms with Gasteiger partial charge >= 0.3 is 6.09 Å². The number of hydrogen-bond acceptors (Lipinski definition) is 4. The number of alkyl carbamates (subject to hydrolysis) is 1. The number of amides is 1.